The van der Waals surface area contributed by atoms with Crippen molar-refractivity contribution in [3.8, 4) is 56.3 Å². The maximum Gasteiger partial charge on any atom is 0.148 e. The van der Waals surface area contributed by atoms with Gasteiger partial charge in [-0.25, -0.2) is 4.98 Å². The summed E-state index contributed by atoms with van der Waals surface area (Å²) < 4.78 is 2.14. The number of aromatic nitrogens is 3. The summed E-state index contributed by atoms with van der Waals surface area (Å²) in [7, 11) is 0. The molecule has 0 atom stereocenters. The van der Waals surface area contributed by atoms with Crippen LogP contribution in [0.5, 0.6) is 5.75 Å². The number of aromatic hydroxyl groups is 1. The first-order valence-electron chi connectivity index (χ1n) is 17.8. The van der Waals surface area contributed by atoms with Crippen molar-refractivity contribution in [3.05, 3.63) is 180 Å². The number of phenolic OH excluding ortho intramolecular Hbond substituents is 1. The second kappa shape index (κ2) is 13.1. The Bertz CT molecular complexity index is 2640. The van der Waals surface area contributed by atoms with Gasteiger partial charge in [-0.1, -0.05) is 136 Å². The van der Waals surface area contributed by atoms with Gasteiger partial charge in [0.2, 0.25) is 0 Å². The van der Waals surface area contributed by atoms with Crippen molar-refractivity contribution >= 4 is 11.0 Å². The van der Waals surface area contributed by atoms with Crippen molar-refractivity contribution in [1.29, 1.82) is 0 Å². The van der Waals surface area contributed by atoms with Gasteiger partial charge >= 0.3 is 0 Å². The Morgan fingerprint density at radius 2 is 1.28 bits per heavy atom. The predicted octanol–water partition coefficient (Wildman–Crippen LogP) is 11.6. The molecule has 1 aliphatic rings. The van der Waals surface area contributed by atoms with E-state index in [2.05, 4.69) is 141 Å². The summed E-state index contributed by atoms with van der Waals surface area (Å²) in [5.41, 5.74) is 14.1. The van der Waals surface area contributed by atoms with Gasteiger partial charge in [-0.3, -0.25) is 9.55 Å². The van der Waals surface area contributed by atoms with Crippen molar-refractivity contribution < 1.29 is 26.2 Å². The number of hydrogen-bond acceptors (Lipinski definition) is 3. The molecule has 9 rings (SSSR count). The van der Waals surface area contributed by atoms with Crippen LogP contribution >= 0.6 is 0 Å². The van der Waals surface area contributed by atoms with Crippen LogP contribution in [0.1, 0.15) is 49.9 Å². The molecule has 4 nitrogen and oxygen atoms in total. The number of imidazole rings is 1. The third kappa shape index (κ3) is 5.56. The summed E-state index contributed by atoms with van der Waals surface area (Å²) in [5, 5.41) is 11.1. The molecule has 0 bridgehead atoms. The Hall–Kier alpha value is -5.57. The van der Waals surface area contributed by atoms with E-state index in [-0.39, 0.29) is 37.6 Å². The zero-order valence-electron chi connectivity index (χ0n) is 30.0. The van der Waals surface area contributed by atoms with E-state index < -0.39 is 0 Å². The normalized spacial score (nSPS) is 13.0. The monoisotopic (exact) mass is 867 g/mol. The molecular weight excluding hydrogens is 830 g/mol. The summed E-state index contributed by atoms with van der Waals surface area (Å²) in [6.07, 6.45) is 1.95. The van der Waals surface area contributed by atoms with Gasteiger partial charge < -0.3 is 5.11 Å². The number of pyridine rings is 1. The first-order chi connectivity index (χ1) is 25.2. The Morgan fingerprint density at radius 1 is 0.642 bits per heavy atom. The van der Waals surface area contributed by atoms with E-state index in [1.807, 2.05) is 42.6 Å². The molecular formula is C48H38N3OPt-. The summed E-state index contributed by atoms with van der Waals surface area (Å²) in [6.45, 7) is 9.18. The second-order valence-electron chi connectivity index (χ2n) is 14.7. The van der Waals surface area contributed by atoms with E-state index in [1.54, 1.807) is 6.07 Å². The Kier molecular flexibility index (Phi) is 8.55. The minimum absolute atomic E-state index is 0. The standard InChI is InChI=1S/C48H38N3O.Pt/c1-47(2,33-16-7-5-8-17-33)34-29-31(28-32(30-34)44-43-37-20-11-13-23-39(37)48(3,4)40(43)26-27-49-44)36-22-15-24-41-45(36)50-46(38-21-12-14-25-42(38)52)51(41)35-18-9-6-10-19-35;/h5-27,29-30,52H,1-4H3;/q-1;. The van der Waals surface area contributed by atoms with Crippen LogP contribution in [0.15, 0.2) is 152 Å². The molecule has 2 aromatic heterocycles. The van der Waals surface area contributed by atoms with Crippen molar-refractivity contribution in [2.24, 2.45) is 0 Å². The predicted molar refractivity (Wildman–Crippen MR) is 212 cm³/mol. The van der Waals surface area contributed by atoms with Gasteiger partial charge in [0.05, 0.1) is 16.6 Å². The fourth-order valence-electron chi connectivity index (χ4n) is 8.07. The quantitative estimate of drug-likeness (QED) is 0.169. The van der Waals surface area contributed by atoms with Crippen LogP contribution in [0.2, 0.25) is 0 Å². The van der Waals surface area contributed by atoms with E-state index in [0.717, 1.165) is 44.7 Å². The smallest absolute Gasteiger partial charge is 0.148 e. The largest absolute Gasteiger partial charge is 0.507 e. The first-order valence-corrected chi connectivity index (χ1v) is 17.8. The molecule has 262 valence electrons. The second-order valence-corrected chi connectivity index (χ2v) is 14.7. The molecule has 8 aromatic rings. The maximum absolute atomic E-state index is 11.1. The minimum atomic E-state index is -0.326. The van der Waals surface area contributed by atoms with Crippen LogP contribution in [0.4, 0.5) is 0 Å². The van der Waals surface area contributed by atoms with Crippen LogP contribution in [0.25, 0.3) is 61.6 Å². The average Bonchev–Trinajstić information content (AvgIpc) is 3.68. The molecule has 0 fully saturated rings. The third-order valence-corrected chi connectivity index (χ3v) is 11.0. The molecule has 2 heterocycles. The fraction of sp³-hybridized carbons (Fsp3) is 0.125. The van der Waals surface area contributed by atoms with Crippen molar-refractivity contribution in [1.82, 2.24) is 14.5 Å². The van der Waals surface area contributed by atoms with Crippen molar-refractivity contribution in [2.45, 2.75) is 38.5 Å². The van der Waals surface area contributed by atoms with Crippen LogP contribution in [0, 0.1) is 6.07 Å². The van der Waals surface area contributed by atoms with Gasteiger partial charge in [-0.05, 0) is 64.2 Å². The molecule has 1 N–H and O–H groups in total. The SMILES string of the molecule is CC(C)(c1ccccc1)c1cc(-c2nccc3c2-c2ccccc2C3(C)C)[c-]c(-c2cccc3c2nc(-c2ccccc2O)n3-c2ccccc2)c1.[Pt]. The Labute approximate surface area is 325 Å². The van der Waals surface area contributed by atoms with Gasteiger partial charge in [-0.15, -0.1) is 29.3 Å². The zero-order chi connectivity index (χ0) is 35.6. The number of fused-ring (bicyclic) bond motifs is 4. The van der Waals surface area contributed by atoms with E-state index in [0.29, 0.717) is 11.4 Å². The topological polar surface area (TPSA) is 50.9 Å². The molecule has 0 unspecified atom stereocenters. The molecule has 0 spiro atoms. The molecule has 6 aromatic carbocycles. The number of phenols is 1. The van der Waals surface area contributed by atoms with Gasteiger partial charge in [-0.2, -0.15) is 0 Å². The Balaban J connectivity index is 0.00000400. The first kappa shape index (κ1) is 34.5. The third-order valence-electron chi connectivity index (χ3n) is 11.0. The summed E-state index contributed by atoms with van der Waals surface area (Å²) in [5.74, 6) is 0.860. The molecule has 0 saturated carbocycles. The number of hydrogen-bond donors (Lipinski definition) is 1. The van der Waals surface area contributed by atoms with E-state index in [9.17, 15) is 5.11 Å². The van der Waals surface area contributed by atoms with E-state index >= 15 is 0 Å². The number of benzene rings is 6. The minimum Gasteiger partial charge on any atom is -0.507 e. The molecule has 5 heteroatoms. The van der Waals surface area contributed by atoms with Crippen molar-refractivity contribution in [2.75, 3.05) is 0 Å². The van der Waals surface area contributed by atoms with E-state index in [1.165, 1.54) is 27.8 Å². The van der Waals surface area contributed by atoms with Gasteiger partial charge in [0.15, 0.2) is 0 Å². The molecule has 53 heavy (non-hydrogen) atoms. The molecule has 0 radical (unpaired) electrons. The van der Waals surface area contributed by atoms with Crippen LogP contribution < -0.4 is 0 Å². The number of rotatable bonds is 6. The molecule has 0 saturated heterocycles. The molecule has 0 amide bonds. The summed E-state index contributed by atoms with van der Waals surface area (Å²) >= 11 is 0. The number of para-hydroxylation sites is 3. The van der Waals surface area contributed by atoms with Gasteiger partial charge in [0.1, 0.15) is 11.6 Å². The van der Waals surface area contributed by atoms with Gasteiger partial charge in [0, 0.05) is 49.5 Å². The number of nitrogens with zero attached hydrogens (tertiary/aromatic N) is 3. The van der Waals surface area contributed by atoms with Crippen molar-refractivity contribution in [3.63, 3.8) is 0 Å². The molecule has 0 aliphatic heterocycles. The van der Waals surface area contributed by atoms with E-state index in [4.69, 9.17) is 9.97 Å². The average molecular weight is 868 g/mol. The van der Waals surface area contributed by atoms with Gasteiger partial charge in [0.25, 0.3) is 0 Å². The fourth-order valence-corrected chi connectivity index (χ4v) is 8.07. The summed E-state index contributed by atoms with van der Waals surface area (Å²) in [4.78, 5) is 10.4. The summed E-state index contributed by atoms with van der Waals surface area (Å²) in [6, 6.07) is 54.0. The van der Waals surface area contributed by atoms with Crippen LogP contribution in [-0.2, 0) is 31.9 Å². The Morgan fingerprint density at radius 3 is 2.04 bits per heavy atom. The van der Waals surface area contributed by atoms with Crippen LogP contribution in [-0.4, -0.2) is 19.6 Å². The van der Waals surface area contributed by atoms with Crippen LogP contribution in [0.3, 0.4) is 0 Å². The maximum atomic E-state index is 11.1. The zero-order valence-corrected chi connectivity index (χ0v) is 32.3. The molecule has 1 aliphatic carbocycles.